The van der Waals surface area contributed by atoms with Gasteiger partial charge in [0.15, 0.2) is 11.5 Å². The summed E-state index contributed by atoms with van der Waals surface area (Å²) < 4.78 is 12.5. The smallest absolute Gasteiger partial charge is 0.175 e. The second kappa shape index (κ2) is 11.1. The highest BCUT2D eigenvalue weighted by Gasteiger charge is 2.37. The quantitative estimate of drug-likeness (QED) is 0.176. The molecule has 0 saturated heterocycles. The van der Waals surface area contributed by atoms with E-state index in [1.165, 1.54) is 22.4 Å². The highest BCUT2D eigenvalue weighted by atomic mass is 79.9. The lowest BCUT2D eigenvalue weighted by molar-refractivity contribution is 0.282. The van der Waals surface area contributed by atoms with E-state index in [-0.39, 0.29) is 6.04 Å². The molecule has 1 aliphatic carbocycles. The molecule has 0 fully saturated rings. The van der Waals surface area contributed by atoms with Gasteiger partial charge in [0.1, 0.15) is 6.61 Å². The molecule has 3 atom stereocenters. The van der Waals surface area contributed by atoms with Gasteiger partial charge in [-0.25, -0.2) is 0 Å². The number of benzene rings is 4. The van der Waals surface area contributed by atoms with Crippen LogP contribution in [0.4, 0.5) is 11.4 Å². The Hall–Kier alpha value is -3.83. The number of methoxy groups -OCH3 is 1. The van der Waals surface area contributed by atoms with Gasteiger partial charge in [0.2, 0.25) is 0 Å². The molecule has 4 aromatic rings. The third-order valence-corrected chi connectivity index (χ3v) is 8.20. The second-order valence-corrected chi connectivity index (χ2v) is 11.1. The number of hydrogen-bond acceptors (Lipinski definition) is 4. The van der Waals surface area contributed by atoms with Crippen LogP contribution in [0.5, 0.6) is 11.5 Å². The van der Waals surface area contributed by atoms with Gasteiger partial charge >= 0.3 is 0 Å². The molecule has 39 heavy (non-hydrogen) atoms. The molecule has 4 nitrogen and oxygen atoms in total. The minimum absolute atomic E-state index is 0.280. The van der Waals surface area contributed by atoms with E-state index < -0.39 is 0 Å². The summed E-state index contributed by atoms with van der Waals surface area (Å²) in [6.07, 6.45) is 7.68. The lowest BCUT2D eigenvalue weighted by atomic mass is 9.76. The highest BCUT2D eigenvalue weighted by Crippen LogP contribution is 2.50. The van der Waals surface area contributed by atoms with Crippen LogP contribution in [-0.4, -0.2) is 13.3 Å². The molecule has 0 unspecified atom stereocenters. The predicted octanol–water partition coefficient (Wildman–Crippen LogP) is 8.92. The summed E-state index contributed by atoms with van der Waals surface area (Å²) in [5.41, 5.74) is 8.21. The lowest BCUT2D eigenvalue weighted by Crippen LogP contribution is -2.29. The summed E-state index contributed by atoms with van der Waals surface area (Å²) in [7, 11) is 1.65. The average Bonchev–Trinajstić information content (AvgIpc) is 3.46. The zero-order valence-corrected chi connectivity index (χ0v) is 23.7. The first-order chi connectivity index (χ1) is 19.1. The van der Waals surface area contributed by atoms with Crippen molar-refractivity contribution in [3.05, 3.63) is 129 Å². The van der Waals surface area contributed by atoms with Crippen molar-refractivity contribution in [3.8, 4) is 11.5 Å². The van der Waals surface area contributed by atoms with Crippen LogP contribution in [0.3, 0.4) is 0 Å². The van der Waals surface area contributed by atoms with Crippen molar-refractivity contribution in [2.45, 2.75) is 31.9 Å². The molecule has 0 radical (unpaired) electrons. The van der Waals surface area contributed by atoms with Crippen molar-refractivity contribution in [2.75, 3.05) is 12.4 Å². The van der Waals surface area contributed by atoms with Crippen LogP contribution in [0.25, 0.3) is 0 Å². The van der Waals surface area contributed by atoms with Gasteiger partial charge in [0, 0.05) is 17.8 Å². The summed E-state index contributed by atoms with van der Waals surface area (Å²) in [5.74, 6) is 2.34. The maximum atomic E-state index is 6.06. The molecule has 1 aliphatic heterocycles. The number of hydrogen-bond donors (Lipinski definition) is 1. The lowest BCUT2D eigenvalue weighted by Gasteiger charge is -2.37. The largest absolute Gasteiger partial charge is 0.493 e. The number of aliphatic imine (C=N–C) groups is 1. The van der Waals surface area contributed by atoms with E-state index in [1.807, 2.05) is 48.7 Å². The predicted molar refractivity (Wildman–Crippen MR) is 163 cm³/mol. The van der Waals surface area contributed by atoms with E-state index in [4.69, 9.17) is 14.5 Å². The standard InChI is InChI=1S/C34H31BrN2O2/c1-22-11-16-31-29(17-22)27-9-6-10-28(27)33(37-31)25-12-14-26(15-13-25)36-20-24-18-30(35)34(32(19-24)38-2)39-21-23-7-4-3-5-8-23/h3-9,11-20,27-28,33,37H,10,21H2,1-2H3/t27-,28-,33-/m0/s1. The number of rotatable bonds is 7. The number of halogens is 1. The molecule has 1 N–H and O–H groups in total. The molecular weight excluding hydrogens is 548 g/mol. The molecule has 1 heterocycles. The van der Waals surface area contributed by atoms with Crippen LogP contribution < -0.4 is 14.8 Å². The van der Waals surface area contributed by atoms with Crippen LogP contribution in [0, 0.1) is 12.8 Å². The molecule has 5 heteroatoms. The van der Waals surface area contributed by atoms with E-state index in [0.717, 1.165) is 27.7 Å². The zero-order valence-electron chi connectivity index (χ0n) is 22.1. The fourth-order valence-electron chi connectivity index (χ4n) is 5.64. The van der Waals surface area contributed by atoms with Gasteiger partial charge < -0.3 is 14.8 Å². The molecule has 196 valence electrons. The van der Waals surface area contributed by atoms with Gasteiger partial charge in [-0.3, -0.25) is 4.99 Å². The van der Waals surface area contributed by atoms with Crippen molar-refractivity contribution in [1.82, 2.24) is 0 Å². The number of nitrogens with one attached hydrogen (secondary N) is 1. The van der Waals surface area contributed by atoms with Crippen molar-refractivity contribution in [2.24, 2.45) is 10.9 Å². The highest BCUT2D eigenvalue weighted by molar-refractivity contribution is 9.10. The topological polar surface area (TPSA) is 42.8 Å². The summed E-state index contributed by atoms with van der Waals surface area (Å²) >= 11 is 3.65. The van der Waals surface area contributed by atoms with Crippen LogP contribution in [0.15, 0.2) is 107 Å². The third-order valence-electron chi connectivity index (χ3n) is 7.61. The molecule has 4 aromatic carbocycles. The molecule has 0 bridgehead atoms. The summed E-state index contributed by atoms with van der Waals surface area (Å²) in [6, 6.07) is 29.7. The Labute approximate surface area is 238 Å². The number of anilines is 1. The van der Waals surface area contributed by atoms with Crippen LogP contribution in [0.2, 0.25) is 0 Å². The summed E-state index contributed by atoms with van der Waals surface area (Å²) in [5, 5.41) is 3.82. The van der Waals surface area contributed by atoms with Crippen LogP contribution in [-0.2, 0) is 6.61 Å². The van der Waals surface area contributed by atoms with Gasteiger partial charge in [-0.15, -0.1) is 0 Å². The van der Waals surface area contributed by atoms with E-state index in [9.17, 15) is 0 Å². The first-order valence-electron chi connectivity index (χ1n) is 13.3. The van der Waals surface area contributed by atoms with E-state index in [1.54, 1.807) is 7.11 Å². The Bertz CT molecular complexity index is 1530. The van der Waals surface area contributed by atoms with E-state index >= 15 is 0 Å². The molecule has 0 amide bonds. The van der Waals surface area contributed by atoms with Gasteiger partial charge in [0.05, 0.1) is 23.3 Å². The first kappa shape index (κ1) is 25.4. The van der Waals surface area contributed by atoms with Crippen molar-refractivity contribution in [3.63, 3.8) is 0 Å². The van der Waals surface area contributed by atoms with Crippen LogP contribution >= 0.6 is 15.9 Å². The number of nitrogens with zero attached hydrogens (tertiary/aromatic N) is 1. The van der Waals surface area contributed by atoms with E-state index in [2.05, 4.69) is 82.8 Å². The number of allylic oxidation sites excluding steroid dienone is 2. The van der Waals surface area contributed by atoms with E-state index in [0.29, 0.717) is 29.9 Å². The molecule has 0 aromatic heterocycles. The van der Waals surface area contributed by atoms with Gasteiger partial charge in [0.25, 0.3) is 0 Å². The van der Waals surface area contributed by atoms with Crippen molar-refractivity contribution >= 4 is 33.5 Å². The maximum Gasteiger partial charge on any atom is 0.175 e. The summed E-state index contributed by atoms with van der Waals surface area (Å²) in [4.78, 5) is 4.74. The summed E-state index contributed by atoms with van der Waals surface area (Å²) in [6.45, 7) is 2.64. The van der Waals surface area contributed by atoms with Crippen molar-refractivity contribution < 1.29 is 9.47 Å². The zero-order chi connectivity index (χ0) is 26.8. The molecule has 6 rings (SSSR count). The molecule has 2 aliphatic rings. The fourth-order valence-corrected chi connectivity index (χ4v) is 6.22. The third kappa shape index (κ3) is 5.37. The first-order valence-corrected chi connectivity index (χ1v) is 14.1. The Balaban J connectivity index is 1.17. The number of aryl methyl sites for hydroxylation is 1. The maximum absolute atomic E-state index is 6.06. The molecule has 0 spiro atoms. The Morgan fingerprint density at radius 1 is 1.00 bits per heavy atom. The minimum Gasteiger partial charge on any atom is -0.493 e. The molecule has 0 saturated carbocycles. The Morgan fingerprint density at radius 2 is 1.82 bits per heavy atom. The normalized spacial score (nSPS) is 19.4. The number of fused-ring (bicyclic) bond motifs is 3. The minimum atomic E-state index is 0.280. The van der Waals surface area contributed by atoms with Gasteiger partial charge in [-0.2, -0.15) is 0 Å². The monoisotopic (exact) mass is 578 g/mol. The van der Waals surface area contributed by atoms with Gasteiger partial charge in [-0.05, 0) is 87.8 Å². The SMILES string of the molecule is COc1cc(C=Nc2ccc([C@@H]3Nc4ccc(C)cc4[C@H]4C=CC[C@@H]43)cc2)cc(Br)c1OCc1ccccc1. The van der Waals surface area contributed by atoms with Crippen molar-refractivity contribution in [1.29, 1.82) is 0 Å². The fraction of sp³-hybridized carbons (Fsp3) is 0.206. The average molecular weight is 580 g/mol. The van der Waals surface area contributed by atoms with Gasteiger partial charge in [-0.1, -0.05) is 72.3 Å². The number of ether oxygens (including phenoxy) is 2. The van der Waals surface area contributed by atoms with Crippen LogP contribution in [0.1, 0.15) is 46.2 Å². The Morgan fingerprint density at radius 3 is 2.62 bits per heavy atom. The second-order valence-electron chi connectivity index (χ2n) is 10.2. The molecular formula is C34H31BrN2O2. The Kier molecular flexibility index (Phi) is 7.25.